The van der Waals surface area contributed by atoms with Gasteiger partial charge in [-0.05, 0) is 32.4 Å². The van der Waals surface area contributed by atoms with Crippen LogP contribution in [-0.2, 0) is 0 Å². The Kier molecular flexibility index (Phi) is 3.43. The van der Waals surface area contributed by atoms with Crippen molar-refractivity contribution in [1.29, 1.82) is 0 Å². The highest BCUT2D eigenvalue weighted by Gasteiger charge is 2.15. The van der Waals surface area contributed by atoms with E-state index >= 15 is 0 Å². The van der Waals surface area contributed by atoms with Gasteiger partial charge in [0.1, 0.15) is 0 Å². The zero-order valence-electron chi connectivity index (χ0n) is 8.49. The molecular weight excluding hydrogens is 162 g/mol. The molecule has 0 bridgehead atoms. The van der Waals surface area contributed by atoms with E-state index in [1.165, 1.54) is 0 Å². The average Bonchev–Trinajstić information content (AvgIpc) is 2.04. The maximum absolute atomic E-state index is 9.52. The summed E-state index contributed by atoms with van der Waals surface area (Å²) in [6, 6.07) is 5.94. The maximum atomic E-state index is 9.52. The standard InChI is InChI=1S/C11H17NO/c1-4-10(9(3)13)11-7-5-6-8(2)12-11/h5-7,9-10,13H,4H2,1-3H3/t9-,10+/m0/s1. The van der Waals surface area contributed by atoms with E-state index in [0.29, 0.717) is 0 Å². The van der Waals surface area contributed by atoms with Crippen LogP contribution in [0.25, 0.3) is 0 Å². The van der Waals surface area contributed by atoms with Gasteiger partial charge >= 0.3 is 0 Å². The van der Waals surface area contributed by atoms with Crippen LogP contribution in [0, 0.1) is 6.92 Å². The van der Waals surface area contributed by atoms with Crippen molar-refractivity contribution in [3.05, 3.63) is 29.6 Å². The molecule has 0 saturated heterocycles. The van der Waals surface area contributed by atoms with Crippen LogP contribution in [-0.4, -0.2) is 16.2 Å². The van der Waals surface area contributed by atoms with Gasteiger partial charge in [-0.3, -0.25) is 4.98 Å². The van der Waals surface area contributed by atoms with E-state index in [0.717, 1.165) is 17.8 Å². The molecule has 0 spiro atoms. The van der Waals surface area contributed by atoms with Gasteiger partial charge in [-0.2, -0.15) is 0 Å². The first-order chi connectivity index (χ1) is 6.15. The van der Waals surface area contributed by atoms with Crippen LogP contribution in [0.4, 0.5) is 0 Å². The molecule has 1 rings (SSSR count). The second-order valence-corrected chi connectivity index (χ2v) is 3.46. The van der Waals surface area contributed by atoms with Crippen molar-refractivity contribution in [2.45, 2.75) is 39.2 Å². The second kappa shape index (κ2) is 4.38. The zero-order valence-corrected chi connectivity index (χ0v) is 8.49. The van der Waals surface area contributed by atoms with Crippen molar-refractivity contribution < 1.29 is 5.11 Å². The fourth-order valence-electron chi connectivity index (χ4n) is 1.57. The van der Waals surface area contributed by atoms with Crippen LogP contribution < -0.4 is 0 Å². The van der Waals surface area contributed by atoms with Gasteiger partial charge in [0.25, 0.3) is 0 Å². The van der Waals surface area contributed by atoms with Gasteiger partial charge < -0.3 is 5.11 Å². The number of pyridine rings is 1. The Morgan fingerprint density at radius 3 is 2.62 bits per heavy atom. The van der Waals surface area contributed by atoms with E-state index in [2.05, 4.69) is 11.9 Å². The van der Waals surface area contributed by atoms with Crippen LogP contribution in [0.5, 0.6) is 0 Å². The monoisotopic (exact) mass is 179 g/mol. The zero-order chi connectivity index (χ0) is 9.84. The lowest BCUT2D eigenvalue weighted by Crippen LogP contribution is -2.15. The third-order valence-corrected chi connectivity index (χ3v) is 2.31. The minimum absolute atomic E-state index is 0.167. The molecular formula is C11H17NO. The van der Waals surface area contributed by atoms with Gasteiger partial charge in [-0.25, -0.2) is 0 Å². The second-order valence-electron chi connectivity index (χ2n) is 3.46. The van der Waals surface area contributed by atoms with Crippen LogP contribution in [0.2, 0.25) is 0 Å². The molecule has 0 aliphatic rings. The molecule has 0 aliphatic heterocycles. The fraction of sp³-hybridized carbons (Fsp3) is 0.545. The van der Waals surface area contributed by atoms with Crippen molar-refractivity contribution in [2.24, 2.45) is 0 Å². The minimum Gasteiger partial charge on any atom is -0.393 e. The van der Waals surface area contributed by atoms with Gasteiger partial charge in [0.05, 0.1) is 6.10 Å². The molecule has 0 unspecified atom stereocenters. The number of rotatable bonds is 3. The number of nitrogens with zero attached hydrogens (tertiary/aromatic N) is 1. The summed E-state index contributed by atoms with van der Waals surface area (Å²) in [6.07, 6.45) is 0.605. The number of aliphatic hydroxyl groups excluding tert-OH is 1. The van der Waals surface area contributed by atoms with Crippen molar-refractivity contribution >= 4 is 0 Å². The summed E-state index contributed by atoms with van der Waals surface area (Å²) < 4.78 is 0. The lowest BCUT2D eigenvalue weighted by Gasteiger charge is -2.17. The number of hydrogen-bond acceptors (Lipinski definition) is 2. The third-order valence-electron chi connectivity index (χ3n) is 2.31. The minimum atomic E-state index is -0.320. The molecule has 72 valence electrons. The number of aryl methyl sites for hydroxylation is 1. The van der Waals surface area contributed by atoms with Crippen LogP contribution in [0.3, 0.4) is 0 Å². The summed E-state index contributed by atoms with van der Waals surface area (Å²) in [5.74, 6) is 0.167. The number of aliphatic hydroxyl groups is 1. The lowest BCUT2D eigenvalue weighted by atomic mass is 9.96. The maximum Gasteiger partial charge on any atom is 0.0595 e. The molecule has 0 amide bonds. The third kappa shape index (κ3) is 2.52. The van der Waals surface area contributed by atoms with E-state index in [-0.39, 0.29) is 12.0 Å². The van der Waals surface area contributed by atoms with Gasteiger partial charge in [0, 0.05) is 17.3 Å². The summed E-state index contributed by atoms with van der Waals surface area (Å²) in [4.78, 5) is 4.41. The Morgan fingerprint density at radius 1 is 1.46 bits per heavy atom. The normalized spacial score (nSPS) is 15.4. The molecule has 1 N–H and O–H groups in total. The highest BCUT2D eigenvalue weighted by molar-refractivity contribution is 5.14. The Balaban J connectivity index is 2.91. The van der Waals surface area contributed by atoms with Crippen molar-refractivity contribution in [3.63, 3.8) is 0 Å². The molecule has 2 heteroatoms. The molecule has 2 nitrogen and oxygen atoms in total. The van der Waals surface area contributed by atoms with Crippen molar-refractivity contribution in [1.82, 2.24) is 4.98 Å². The van der Waals surface area contributed by atoms with Gasteiger partial charge in [0.15, 0.2) is 0 Å². The molecule has 1 aromatic heterocycles. The number of hydrogen-bond donors (Lipinski definition) is 1. The van der Waals surface area contributed by atoms with E-state index in [4.69, 9.17) is 0 Å². The average molecular weight is 179 g/mol. The van der Waals surface area contributed by atoms with Crippen LogP contribution in [0.15, 0.2) is 18.2 Å². The summed E-state index contributed by atoms with van der Waals surface area (Å²) in [5, 5.41) is 9.52. The van der Waals surface area contributed by atoms with E-state index in [1.807, 2.05) is 32.0 Å². The summed E-state index contributed by atoms with van der Waals surface area (Å²) in [7, 11) is 0. The lowest BCUT2D eigenvalue weighted by molar-refractivity contribution is 0.158. The first-order valence-electron chi connectivity index (χ1n) is 4.76. The predicted molar refractivity (Wildman–Crippen MR) is 53.7 cm³/mol. The highest BCUT2D eigenvalue weighted by Crippen LogP contribution is 2.21. The summed E-state index contributed by atoms with van der Waals surface area (Å²) >= 11 is 0. The number of aromatic nitrogens is 1. The Morgan fingerprint density at radius 2 is 2.15 bits per heavy atom. The van der Waals surface area contributed by atoms with Crippen molar-refractivity contribution in [3.8, 4) is 0 Å². The highest BCUT2D eigenvalue weighted by atomic mass is 16.3. The summed E-state index contributed by atoms with van der Waals surface area (Å²) in [5.41, 5.74) is 2.01. The molecule has 0 fully saturated rings. The Labute approximate surface area is 79.6 Å². The van der Waals surface area contributed by atoms with E-state index in [9.17, 15) is 5.11 Å². The molecule has 2 atom stereocenters. The molecule has 0 saturated carbocycles. The first kappa shape index (κ1) is 10.2. The summed E-state index contributed by atoms with van der Waals surface area (Å²) in [6.45, 7) is 5.86. The van der Waals surface area contributed by atoms with E-state index in [1.54, 1.807) is 0 Å². The van der Waals surface area contributed by atoms with E-state index < -0.39 is 0 Å². The molecule has 0 aromatic carbocycles. The van der Waals surface area contributed by atoms with Crippen LogP contribution >= 0.6 is 0 Å². The fourth-order valence-corrected chi connectivity index (χ4v) is 1.57. The molecule has 13 heavy (non-hydrogen) atoms. The van der Waals surface area contributed by atoms with Crippen molar-refractivity contribution in [2.75, 3.05) is 0 Å². The largest absolute Gasteiger partial charge is 0.393 e. The van der Waals surface area contributed by atoms with Gasteiger partial charge in [-0.1, -0.05) is 13.0 Å². The van der Waals surface area contributed by atoms with Crippen LogP contribution in [0.1, 0.15) is 37.6 Å². The quantitative estimate of drug-likeness (QED) is 0.772. The predicted octanol–water partition coefficient (Wildman–Crippen LogP) is 2.26. The molecule has 0 radical (unpaired) electrons. The molecule has 1 aromatic rings. The SMILES string of the molecule is CC[C@@H](c1cccc(C)n1)[C@H](C)O. The molecule has 1 heterocycles. The first-order valence-corrected chi connectivity index (χ1v) is 4.76. The smallest absolute Gasteiger partial charge is 0.0595 e. The molecule has 0 aliphatic carbocycles. The topological polar surface area (TPSA) is 33.1 Å². The Hall–Kier alpha value is -0.890. The van der Waals surface area contributed by atoms with Gasteiger partial charge in [0.2, 0.25) is 0 Å². The Bertz CT molecular complexity index is 271. The van der Waals surface area contributed by atoms with Gasteiger partial charge in [-0.15, -0.1) is 0 Å².